The second-order valence-corrected chi connectivity index (χ2v) is 7.31. The van der Waals surface area contributed by atoms with E-state index >= 15 is 0 Å². The molecule has 0 amide bonds. The molecule has 1 N–H and O–H groups in total. The van der Waals surface area contributed by atoms with Gasteiger partial charge in [0.25, 0.3) is 0 Å². The molecular formula is C19H15NO4S2. The maximum atomic E-state index is 12.1. The van der Waals surface area contributed by atoms with E-state index in [1.165, 1.54) is 30.2 Å². The number of methoxy groups -OCH3 is 1. The average molecular weight is 385 g/mol. The number of thioether (sulfide) groups is 1. The van der Waals surface area contributed by atoms with E-state index in [1.54, 1.807) is 0 Å². The number of thiazole rings is 1. The molecular weight excluding hydrogens is 370 g/mol. The fourth-order valence-electron chi connectivity index (χ4n) is 2.30. The van der Waals surface area contributed by atoms with E-state index in [0.29, 0.717) is 10.7 Å². The summed E-state index contributed by atoms with van der Waals surface area (Å²) in [5, 5.41) is 9.46. The monoisotopic (exact) mass is 385 g/mol. The van der Waals surface area contributed by atoms with Crippen LogP contribution in [0.1, 0.15) is 10.5 Å². The number of carboxylic acids is 1. The lowest BCUT2D eigenvalue weighted by molar-refractivity contribution is -0.133. The fourth-order valence-corrected chi connectivity index (χ4v) is 3.99. The minimum absolute atomic E-state index is 0.0151. The lowest BCUT2D eigenvalue weighted by Crippen LogP contribution is -2.03. The van der Waals surface area contributed by atoms with Gasteiger partial charge in [-0.25, -0.2) is 9.78 Å². The molecule has 0 atom stereocenters. The molecule has 0 saturated heterocycles. The first kappa shape index (κ1) is 18.2. The number of carbonyl (C=O) groups excluding carboxylic acids is 1. The topological polar surface area (TPSA) is 76.5 Å². The molecule has 0 aliphatic rings. The Kier molecular flexibility index (Phi) is 5.70. The Labute approximate surface area is 158 Å². The molecule has 26 heavy (non-hydrogen) atoms. The Morgan fingerprint density at radius 3 is 2.38 bits per heavy atom. The van der Waals surface area contributed by atoms with Crippen molar-refractivity contribution in [3.63, 3.8) is 0 Å². The minimum atomic E-state index is -0.853. The molecule has 3 aromatic rings. The molecule has 0 saturated carbocycles. The molecule has 3 rings (SSSR count). The van der Waals surface area contributed by atoms with E-state index < -0.39 is 11.9 Å². The Morgan fingerprint density at radius 2 is 1.77 bits per heavy atom. The van der Waals surface area contributed by atoms with Crippen LogP contribution in [0.15, 0.2) is 59.5 Å². The van der Waals surface area contributed by atoms with Gasteiger partial charge in [-0.1, -0.05) is 42.5 Å². The van der Waals surface area contributed by atoms with E-state index in [9.17, 15) is 9.59 Å². The summed E-state index contributed by atoms with van der Waals surface area (Å²) < 4.78 is 4.87. The van der Waals surface area contributed by atoms with Gasteiger partial charge in [0.2, 0.25) is 0 Å². The van der Waals surface area contributed by atoms with Crippen LogP contribution in [0.3, 0.4) is 0 Å². The molecule has 2 aromatic carbocycles. The zero-order chi connectivity index (χ0) is 18.5. The molecule has 0 spiro atoms. The highest BCUT2D eigenvalue weighted by Crippen LogP contribution is 2.36. The standard InChI is InChI=1S/C19H15NO4S2/c1-24-19(23)16-17(12-5-3-2-4-6-12)26-18(20-16)13-7-9-14(10-8-13)25-11-15(21)22/h2-10H,11H2,1H3,(H,21,22). The van der Waals surface area contributed by atoms with Crippen LogP contribution in [0.5, 0.6) is 0 Å². The quantitative estimate of drug-likeness (QED) is 0.499. The minimum Gasteiger partial charge on any atom is -0.481 e. The number of aromatic nitrogens is 1. The van der Waals surface area contributed by atoms with Gasteiger partial charge in [0.1, 0.15) is 5.01 Å². The van der Waals surface area contributed by atoms with Crippen molar-refractivity contribution in [1.29, 1.82) is 0 Å². The van der Waals surface area contributed by atoms with Gasteiger partial charge in [-0.2, -0.15) is 0 Å². The third-order valence-corrected chi connectivity index (χ3v) is 5.66. The summed E-state index contributed by atoms with van der Waals surface area (Å²) in [6, 6.07) is 17.0. The van der Waals surface area contributed by atoms with Crippen LogP contribution in [-0.2, 0) is 9.53 Å². The number of benzene rings is 2. The smallest absolute Gasteiger partial charge is 0.358 e. The second-order valence-electron chi connectivity index (χ2n) is 5.26. The summed E-state index contributed by atoms with van der Waals surface area (Å²) in [5.74, 6) is -1.31. The van der Waals surface area contributed by atoms with Crippen LogP contribution in [0.2, 0.25) is 0 Å². The van der Waals surface area contributed by atoms with E-state index in [4.69, 9.17) is 9.84 Å². The molecule has 5 nitrogen and oxygen atoms in total. The highest BCUT2D eigenvalue weighted by Gasteiger charge is 2.20. The van der Waals surface area contributed by atoms with Crippen LogP contribution in [-0.4, -0.2) is 34.9 Å². The number of nitrogens with zero attached hydrogens (tertiary/aromatic N) is 1. The third kappa shape index (κ3) is 4.12. The first-order valence-electron chi connectivity index (χ1n) is 7.68. The first-order chi connectivity index (χ1) is 12.6. The van der Waals surface area contributed by atoms with Gasteiger partial charge < -0.3 is 9.84 Å². The summed E-state index contributed by atoms with van der Waals surface area (Å²) in [5.41, 5.74) is 2.07. The Balaban J connectivity index is 1.94. The van der Waals surface area contributed by atoms with Crippen molar-refractivity contribution in [3.8, 4) is 21.0 Å². The zero-order valence-electron chi connectivity index (χ0n) is 13.8. The normalized spacial score (nSPS) is 10.5. The summed E-state index contributed by atoms with van der Waals surface area (Å²) in [6.07, 6.45) is 0. The highest BCUT2D eigenvalue weighted by molar-refractivity contribution is 8.00. The van der Waals surface area contributed by atoms with Crippen LogP contribution < -0.4 is 0 Å². The molecule has 0 radical (unpaired) electrons. The Bertz CT molecular complexity index is 920. The SMILES string of the molecule is COC(=O)c1nc(-c2ccc(SCC(=O)O)cc2)sc1-c1ccccc1. The van der Waals surface area contributed by atoms with Crippen molar-refractivity contribution in [2.75, 3.05) is 12.9 Å². The number of rotatable bonds is 6. The highest BCUT2D eigenvalue weighted by atomic mass is 32.2. The number of carbonyl (C=O) groups is 2. The molecule has 1 aromatic heterocycles. The predicted octanol–water partition coefficient (Wildman–Crippen LogP) is 4.44. The van der Waals surface area contributed by atoms with Gasteiger partial charge in [0, 0.05) is 10.5 Å². The van der Waals surface area contributed by atoms with Gasteiger partial charge >= 0.3 is 11.9 Å². The molecule has 0 bridgehead atoms. The van der Waals surface area contributed by atoms with Crippen molar-refractivity contribution < 1.29 is 19.4 Å². The molecule has 1 heterocycles. The first-order valence-corrected chi connectivity index (χ1v) is 9.48. The zero-order valence-corrected chi connectivity index (χ0v) is 15.5. The van der Waals surface area contributed by atoms with Crippen molar-refractivity contribution >= 4 is 35.0 Å². The van der Waals surface area contributed by atoms with Crippen molar-refractivity contribution in [2.45, 2.75) is 4.90 Å². The second kappa shape index (κ2) is 8.16. The van der Waals surface area contributed by atoms with Crippen molar-refractivity contribution in [3.05, 3.63) is 60.3 Å². The van der Waals surface area contributed by atoms with Crippen molar-refractivity contribution in [2.24, 2.45) is 0 Å². The fraction of sp³-hybridized carbons (Fsp3) is 0.105. The number of esters is 1. The summed E-state index contributed by atoms with van der Waals surface area (Å²) in [4.78, 5) is 28.9. The average Bonchev–Trinajstić information content (AvgIpc) is 3.12. The van der Waals surface area contributed by atoms with Crippen LogP contribution in [0.25, 0.3) is 21.0 Å². The lowest BCUT2D eigenvalue weighted by Gasteiger charge is -2.00. The third-order valence-electron chi connectivity index (χ3n) is 3.51. The molecule has 132 valence electrons. The van der Waals surface area contributed by atoms with Gasteiger partial charge in [-0.15, -0.1) is 23.1 Å². The molecule has 0 aliphatic carbocycles. The summed E-state index contributed by atoms with van der Waals surface area (Å²) >= 11 is 2.68. The van der Waals surface area contributed by atoms with Crippen LogP contribution in [0, 0.1) is 0 Å². The van der Waals surface area contributed by atoms with E-state index in [1.807, 2.05) is 54.6 Å². The lowest BCUT2D eigenvalue weighted by atomic mass is 10.1. The van der Waals surface area contributed by atoms with Gasteiger partial charge in [-0.3, -0.25) is 4.79 Å². The number of ether oxygens (including phenoxy) is 1. The number of carboxylic acid groups (broad SMARTS) is 1. The van der Waals surface area contributed by atoms with Gasteiger partial charge in [0.05, 0.1) is 17.7 Å². The number of hydrogen-bond donors (Lipinski definition) is 1. The van der Waals surface area contributed by atoms with Gasteiger partial charge in [0.15, 0.2) is 5.69 Å². The number of aliphatic carboxylic acids is 1. The predicted molar refractivity (Wildman–Crippen MR) is 103 cm³/mol. The Morgan fingerprint density at radius 1 is 1.08 bits per heavy atom. The Hall–Kier alpha value is -2.64. The molecule has 0 unspecified atom stereocenters. The maximum Gasteiger partial charge on any atom is 0.358 e. The summed E-state index contributed by atoms with van der Waals surface area (Å²) in [6.45, 7) is 0. The van der Waals surface area contributed by atoms with E-state index in [0.717, 1.165) is 20.9 Å². The molecule has 0 aliphatic heterocycles. The van der Waals surface area contributed by atoms with Gasteiger partial charge in [-0.05, 0) is 17.7 Å². The van der Waals surface area contributed by atoms with Crippen LogP contribution >= 0.6 is 23.1 Å². The largest absolute Gasteiger partial charge is 0.481 e. The molecule has 0 fully saturated rings. The summed E-state index contributed by atoms with van der Waals surface area (Å²) in [7, 11) is 1.34. The molecule has 7 heteroatoms. The van der Waals surface area contributed by atoms with E-state index in [2.05, 4.69) is 4.98 Å². The van der Waals surface area contributed by atoms with E-state index in [-0.39, 0.29) is 5.75 Å². The number of hydrogen-bond acceptors (Lipinski definition) is 6. The maximum absolute atomic E-state index is 12.1. The van der Waals surface area contributed by atoms with Crippen LogP contribution in [0.4, 0.5) is 0 Å². The van der Waals surface area contributed by atoms with Crippen molar-refractivity contribution in [1.82, 2.24) is 4.98 Å².